The molecule has 82 valence electrons. The number of rotatable bonds is 5. The number of nitrogens with zero attached hydrogens (tertiary/aromatic N) is 1. The highest BCUT2D eigenvalue weighted by molar-refractivity contribution is 7.10. The van der Waals surface area contributed by atoms with Crippen molar-refractivity contribution in [2.45, 2.75) is 13.5 Å². The van der Waals surface area contributed by atoms with E-state index in [2.05, 4.69) is 18.9 Å². The molecule has 0 bridgehead atoms. The normalized spacial score (nSPS) is 11.4. The van der Waals surface area contributed by atoms with Gasteiger partial charge < -0.3 is 10.0 Å². The Hall–Kier alpha value is -1.13. The maximum absolute atomic E-state index is 10.3. The molecule has 0 spiro atoms. The predicted octanol–water partition coefficient (Wildman–Crippen LogP) is 2.30. The van der Waals surface area contributed by atoms with Crippen LogP contribution in [0.4, 0.5) is 0 Å². The van der Waals surface area contributed by atoms with E-state index in [9.17, 15) is 4.79 Å². The number of carboxylic acids is 1. The van der Waals surface area contributed by atoms with Crippen molar-refractivity contribution in [3.8, 4) is 0 Å². The zero-order valence-corrected chi connectivity index (χ0v) is 9.75. The van der Waals surface area contributed by atoms with Crippen molar-refractivity contribution in [1.82, 2.24) is 4.90 Å². The predicted molar refractivity (Wildman–Crippen MR) is 63.0 cm³/mol. The average Bonchev–Trinajstić information content (AvgIpc) is 2.62. The molecule has 0 atom stereocenters. The minimum atomic E-state index is -0.909. The van der Waals surface area contributed by atoms with Crippen molar-refractivity contribution in [1.29, 1.82) is 0 Å². The van der Waals surface area contributed by atoms with Gasteiger partial charge in [-0.1, -0.05) is 6.92 Å². The van der Waals surface area contributed by atoms with Gasteiger partial charge in [0, 0.05) is 17.5 Å². The van der Waals surface area contributed by atoms with Crippen LogP contribution in [0.1, 0.15) is 17.4 Å². The second-order valence-corrected chi connectivity index (χ2v) is 4.34. The number of aliphatic carboxylic acids is 1. The quantitative estimate of drug-likeness (QED) is 0.782. The van der Waals surface area contributed by atoms with Gasteiger partial charge in [0.2, 0.25) is 0 Å². The van der Waals surface area contributed by atoms with Gasteiger partial charge in [-0.15, -0.1) is 11.3 Å². The molecule has 1 rings (SSSR count). The maximum atomic E-state index is 10.3. The number of hydrogen-bond donors (Lipinski definition) is 1. The van der Waals surface area contributed by atoms with Crippen molar-refractivity contribution in [2.24, 2.45) is 0 Å². The largest absolute Gasteiger partial charge is 0.478 e. The number of carboxylic acid groups (broad SMARTS) is 1. The molecule has 0 aliphatic heterocycles. The average molecular weight is 225 g/mol. The summed E-state index contributed by atoms with van der Waals surface area (Å²) >= 11 is 1.66. The highest BCUT2D eigenvalue weighted by Gasteiger charge is 2.00. The molecule has 1 aromatic rings. The molecule has 0 radical (unpaired) electrons. The van der Waals surface area contributed by atoms with Gasteiger partial charge in [-0.2, -0.15) is 0 Å². The SMILES string of the molecule is CCN(C)Cc1cc(C=CC(=O)O)cs1. The van der Waals surface area contributed by atoms with Crippen LogP contribution in [-0.4, -0.2) is 29.6 Å². The van der Waals surface area contributed by atoms with E-state index in [1.54, 1.807) is 17.4 Å². The van der Waals surface area contributed by atoms with E-state index in [1.165, 1.54) is 4.88 Å². The Balaban J connectivity index is 2.60. The van der Waals surface area contributed by atoms with Gasteiger partial charge in [0.15, 0.2) is 0 Å². The van der Waals surface area contributed by atoms with Gasteiger partial charge in [0.1, 0.15) is 0 Å². The molecule has 0 fully saturated rings. The van der Waals surface area contributed by atoms with E-state index < -0.39 is 5.97 Å². The third kappa shape index (κ3) is 4.27. The van der Waals surface area contributed by atoms with E-state index in [-0.39, 0.29) is 0 Å². The van der Waals surface area contributed by atoms with Gasteiger partial charge in [-0.05, 0) is 36.7 Å². The smallest absolute Gasteiger partial charge is 0.328 e. The Bertz CT molecular complexity index is 357. The molecule has 0 saturated heterocycles. The summed E-state index contributed by atoms with van der Waals surface area (Å²) in [4.78, 5) is 13.8. The second kappa shape index (κ2) is 5.68. The van der Waals surface area contributed by atoms with Crippen molar-refractivity contribution >= 4 is 23.4 Å². The van der Waals surface area contributed by atoms with Crippen LogP contribution in [0.25, 0.3) is 6.08 Å². The molecule has 3 nitrogen and oxygen atoms in total. The van der Waals surface area contributed by atoms with Gasteiger partial charge >= 0.3 is 5.97 Å². The molecule has 0 saturated carbocycles. The molecule has 0 unspecified atom stereocenters. The van der Waals surface area contributed by atoms with Gasteiger partial charge in [-0.25, -0.2) is 4.79 Å². The lowest BCUT2D eigenvalue weighted by Crippen LogP contribution is -2.15. The second-order valence-electron chi connectivity index (χ2n) is 3.35. The number of thiophene rings is 1. The summed E-state index contributed by atoms with van der Waals surface area (Å²) in [6, 6.07) is 2.02. The Morgan fingerprint density at radius 1 is 1.67 bits per heavy atom. The summed E-state index contributed by atoms with van der Waals surface area (Å²) in [5, 5.41) is 10.4. The lowest BCUT2D eigenvalue weighted by Gasteiger charge is -2.11. The first-order chi connectivity index (χ1) is 7.11. The molecule has 4 heteroatoms. The topological polar surface area (TPSA) is 40.5 Å². The molecular formula is C11H15NO2S. The molecule has 1 N–H and O–H groups in total. The summed E-state index contributed by atoms with van der Waals surface area (Å²) < 4.78 is 0. The van der Waals surface area contributed by atoms with Crippen molar-refractivity contribution < 1.29 is 9.90 Å². The Labute approximate surface area is 93.7 Å². The molecule has 1 heterocycles. The fourth-order valence-electron chi connectivity index (χ4n) is 1.11. The van der Waals surface area contributed by atoms with Crippen LogP contribution in [0.5, 0.6) is 0 Å². The fourth-order valence-corrected chi connectivity index (χ4v) is 2.05. The number of hydrogen-bond acceptors (Lipinski definition) is 3. The highest BCUT2D eigenvalue weighted by atomic mass is 32.1. The van der Waals surface area contributed by atoms with E-state index >= 15 is 0 Å². The first kappa shape index (κ1) is 11.9. The van der Waals surface area contributed by atoms with Crippen LogP contribution in [0.2, 0.25) is 0 Å². The molecule has 0 aromatic carbocycles. The van der Waals surface area contributed by atoms with Gasteiger partial charge in [-0.3, -0.25) is 0 Å². The Morgan fingerprint density at radius 2 is 2.40 bits per heavy atom. The standard InChI is InChI=1S/C11H15NO2S/c1-3-12(2)7-10-6-9(8-15-10)4-5-11(13)14/h4-6,8H,3,7H2,1-2H3,(H,13,14). The van der Waals surface area contributed by atoms with Crippen molar-refractivity contribution in [3.63, 3.8) is 0 Å². The van der Waals surface area contributed by atoms with E-state index in [0.29, 0.717) is 0 Å². The van der Waals surface area contributed by atoms with Crippen LogP contribution < -0.4 is 0 Å². The molecule has 1 aromatic heterocycles. The lowest BCUT2D eigenvalue weighted by molar-refractivity contribution is -0.131. The number of carbonyl (C=O) groups is 1. The highest BCUT2D eigenvalue weighted by Crippen LogP contribution is 2.17. The van der Waals surface area contributed by atoms with Crippen LogP contribution in [0.15, 0.2) is 17.5 Å². The van der Waals surface area contributed by atoms with Gasteiger partial charge in [0.05, 0.1) is 0 Å². The summed E-state index contributed by atoms with van der Waals surface area (Å²) in [5.41, 5.74) is 0.960. The Kier molecular flexibility index (Phi) is 4.52. The van der Waals surface area contributed by atoms with Crippen molar-refractivity contribution in [3.05, 3.63) is 28.0 Å². The molecule has 0 aliphatic carbocycles. The van der Waals surface area contributed by atoms with Crippen LogP contribution in [-0.2, 0) is 11.3 Å². The van der Waals surface area contributed by atoms with E-state index in [4.69, 9.17) is 5.11 Å². The zero-order chi connectivity index (χ0) is 11.3. The molecule has 15 heavy (non-hydrogen) atoms. The van der Waals surface area contributed by atoms with E-state index in [1.807, 2.05) is 11.4 Å². The fraction of sp³-hybridized carbons (Fsp3) is 0.364. The lowest BCUT2D eigenvalue weighted by atomic mass is 10.3. The Morgan fingerprint density at radius 3 is 3.00 bits per heavy atom. The zero-order valence-electron chi connectivity index (χ0n) is 8.93. The summed E-state index contributed by atoms with van der Waals surface area (Å²) in [6.07, 6.45) is 2.78. The van der Waals surface area contributed by atoms with Crippen LogP contribution in [0, 0.1) is 0 Å². The first-order valence-corrected chi connectivity index (χ1v) is 5.66. The first-order valence-electron chi connectivity index (χ1n) is 4.78. The summed E-state index contributed by atoms with van der Waals surface area (Å²) in [6.45, 7) is 4.04. The summed E-state index contributed by atoms with van der Waals surface area (Å²) in [7, 11) is 2.06. The van der Waals surface area contributed by atoms with Crippen LogP contribution in [0.3, 0.4) is 0 Å². The minimum Gasteiger partial charge on any atom is -0.478 e. The third-order valence-electron chi connectivity index (χ3n) is 2.06. The summed E-state index contributed by atoms with van der Waals surface area (Å²) in [5.74, 6) is -0.909. The molecule has 0 amide bonds. The van der Waals surface area contributed by atoms with E-state index in [0.717, 1.165) is 24.7 Å². The third-order valence-corrected chi connectivity index (χ3v) is 3.00. The van der Waals surface area contributed by atoms with Crippen LogP contribution >= 0.6 is 11.3 Å². The molecule has 0 aliphatic rings. The maximum Gasteiger partial charge on any atom is 0.328 e. The van der Waals surface area contributed by atoms with Crippen molar-refractivity contribution in [2.75, 3.05) is 13.6 Å². The monoisotopic (exact) mass is 225 g/mol. The molecular weight excluding hydrogens is 210 g/mol. The minimum absolute atomic E-state index is 0.909. The van der Waals surface area contributed by atoms with Gasteiger partial charge in [0.25, 0.3) is 0 Å².